The number of aliphatic imine (C=N–C) groups is 1. The molecule has 9 nitrogen and oxygen atoms in total. The van der Waals surface area contributed by atoms with Gasteiger partial charge in [0.15, 0.2) is 5.78 Å². The van der Waals surface area contributed by atoms with E-state index in [9.17, 15) is 13.2 Å². The van der Waals surface area contributed by atoms with Gasteiger partial charge in [-0.25, -0.2) is 32.1 Å². The summed E-state index contributed by atoms with van der Waals surface area (Å²) < 4.78 is 45.9. The van der Waals surface area contributed by atoms with E-state index in [-0.39, 0.29) is 29.4 Å². The third kappa shape index (κ3) is 3.06. The number of carbonyl (C=O) groups excluding carboxylic acids is 1. The Morgan fingerprint density at radius 3 is 2.62 bits per heavy atom. The molecule has 1 atom stereocenters. The highest BCUT2D eigenvalue weighted by Gasteiger charge is 2.70. The molecule has 1 aliphatic heterocycles. The average molecular weight is 462 g/mol. The summed E-state index contributed by atoms with van der Waals surface area (Å²) in [6, 6.07) is 4.21. The summed E-state index contributed by atoms with van der Waals surface area (Å²) in [6.45, 7) is 3.23. The van der Waals surface area contributed by atoms with Crippen LogP contribution in [0.15, 0.2) is 29.4 Å². The number of guanidine groups is 1. The Morgan fingerprint density at radius 1 is 1.34 bits per heavy atom. The summed E-state index contributed by atoms with van der Waals surface area (Å²) in [5.74, 6) is -0.813. The molecule has 170 valence electrons. The maximum Gasteiger partial charge on any atom is 0.245 e. The Morgan fingerprint density at radius 2 is 2.03 bits per heavy atom. The zero-order valence-electron chi connectivity index (χ0n) is 18.2. The number of hydrogen-bond donors (Lipinski definition) is 1. The molecule has 2 heterocycles. The number of ketones is 1. The molecule has 0 unspecified atom stereocenters. The SMILES string of the molecule is COc1cnc(C(=O)Cc2ccc(F)c([C@@]3(C)N=C(N)N(C)S(=O)(=O)C34CC4)c2)c(C)n1. The van der Waals surface area contributed by atoms with Gasteiger partial charge < -0.3 is 10.5 Å². The minimum Gasteiger partial charge on any atom is -0.480 e. The van der Waals surface area contributed by atoms with Crippen LogP contribution in [0.5, 0.6) is 5.88 Å². The largest absolute Gasteiger partial charge is 0.480 e. The number of aryl methyl sites for hydroxylation is 1. The van der Waals surface area contributed by atoms with Gasteiger partial charge in [-0.2, -0.15) is 0 Å². The van der Waals surface area contributed by atoms with Gasteiger partial charge in [-0.15, -0.1) is 0 Å². The van der Waals surface area contributed by atoms with Crippen LogP contribution in [0.25, 0.3) is 0 Å². The molecule has 1 aromatic carbocycles. The summed E-state index contributed by atoms with van der Waals surface area (Å²) >= 11 is 0. The van der Waals surface area contributed by atoms with Crippen LogP contribution in [-0.4, -0.2) is 53.3 Å². The first-order chi connectivity index (χ1) is 15.0. The van der Waals surface area contributed by atoms with E-state index < -0.39 is 26.1 Å². The highest BCUT2D eigenvalue weighted by Crippen LogP contribution is 2.60. The molecule has 0 amide bonds. The number of sulfonamides is 1. The first-order valence-electron chi connectivity index (χ1n) is 10.0. The monoisotopic (exact) mass is 461 g/mol. The van der Waals surface area contributed by atoms with Gasteiger partial charge in [0.2, 0.25) is 21.9 Å². The van der Waals surface area contributed by atoms with Gasteiger partial charge in [-0.1, -0.05) is 6.07 Å². The Balaban J connectivity index is 1.73. The van der Waals surface area contributed by atoms with Crippen molar-refractivity contribution in [3.63, 3.8) is 0 Å². The summed E-state index contributed by atoms with van der Waals surface area (Å²) in [6.07, 6.45) is 1.98. The minimum atomic E-state index is -3.83. The number of methoxy groups -OCH3 is 1. The molecular formula is C21H24FN5O4S. The summed E-state index contributed by atoms with van der Waals surface area (Å²) in [5.41, 5.74) is 5.68. The van der Waals surface area contributed by atoms with Crippen LogP contribution >= 0.6 is 0 Å². The van der Waals surface area contributed by atoms with Gasteiger partial charge >= 0.3 is 0 Å². The van der Waals surface area contributed by atoms with Crippen molar-refractivity contribution >= 4 is 21.8 Å². The Bertz CT molecular complexity index is 1260. The van der Waals surface area contributed by atoms with Gasteiger partial charge in [-0.05, 0) is 44.4 Å². The maximum atomic E-state index is 15.0. The zero-order valence-corrected chi connectivity index (χ0v) is 19.0. The van der Waals surface area contributed by atoms with Crippen LogP contribution in [0, 0.1) is 12.7 Å². The smallest absolute Gasteiger partial charge is 0.245 e. The number of hydrogen-bond acceptors (Lipinski definition) is 8. The number of nitrogens with two attached hydrogens (primary N) is 1. The maximum absolute atomic E-state index is 15.0. The van der Waals surface area contributed by atoms with Crippen molar-refractivity contribution in [2.45, 2.75) is 43.4 Å². The highest BCUT2D eigenvalue weighted by atomic mass is 32.2. The van der Waals surface area contributed by atoms with E-state index in [0.29, 0.717) is 30.0 Å². The van der Waals surface area contributed by atoms with Crippen molar-refractivity contribution < 1.29 is 22.3 Å². The second kappa shape index (κ2) is 7.22. The summed E-state index contributed by atoms with van der Waals surface area (Å²) in [4.78, 5) is 25.6. The Hall–Kier alpha value is -3.08. The van der Waals surface area contributed by atoms with E-state index in [2.05, 4.69) is 15.0 Å². The quantitative estimate of drug-likeness (QED) is 0.671. The number of nitrogens with zero attached hydrogens (tertiary/aromatic N) is 4. The molecule has 0 saturated heterocycles. The molecule has 1 fully saturated rings. The van der Waals surface area contributed by atoms with Crippen LogP contribution < -0.4 is 10.5 Å². The second-order valence-electron chi connectivity index (χ2n) is 8.27. The molecule has 11 heteroatoms. The molecule has 4 rings (SSSR count). The van der Waals surface area contributed by atoms with E-state index in [4.69, 9.17) is 10.5 Å². The van der Waals surface area contributed by atoms with Crippen molar-refractivity contribution in [2.75, 3.05) is 14.2 Å². The predicted molar refractivity (Wildman–Crippen MR) is 115 cm³/mol. The molecule has 32 heavy (non-hydrogen) atoms. The topological polar surface area (TPSA) is 128 Å². The lowest BCUT2D eigenvalue weighted by Crippen LogP contribution is -2.58. The minimum absolute atomic E-state index is 0.0654. The molecule has 1 spiro atoms. The van der Waals surface area contributed by atoms with Crippen LogP contribution in [-0.2, 0) is 22.0 Å². The number of carbonyl (C=O) groups is 1. The lowest BCUT2D eigenvalue weighted by atomic mass is 9.85. The Kier molecular flexibility index (Phi) is 5.00. The number of rotatable bonds is 5. The molecule has 1 saturated carbocycles. The lowest BCUT2D eigenvalue weighted by Gasteiger charge is -2.42. The zero-order chi connectivity index (χ0) is 23.5. The fraction of sp³-hybridized carbons (Fsp3) is 0.429. The number of halogens is 1. The highest BCUT2D eigenvalue weighted by molar-refractivity contribution is 7.91. The molecule has 2 aromatic rings. The van der Waals surface area contributed by atoms with Crippen molar-refractivity contribution in [3.05, 3.63) is 52.7 Å². The van der Waals surface area contributed by atoms with E-state index in [1.54, 1.807) is 13.8 Å². The third-order valence-corrected chi connectivity index (χ3v) is 9.13. The van der Waals surface area contributed by atoms with Crippen molar-refractivity contribution in [3.8, 4) is 5.88 Å². The van der Waals surface area contributed by atoms with Crippen molar-refractivity contribution in [1.82, 2.24) is 14.3 Å². The van der Waals surface area contributed by atoms with Crippen molar-refractivity contribution in [2.24, 2.45) is 10.7 Å². The van der Waals surface area contributed by atoms with Crippen molar-refractivity contribution in [1.29, 1.82) is 0 Å². The molecule has 0 radical (unpaired) electrons. The lowest BCUT2D eigenvalue weighted by molar-refractivity contribution is 0.0986. The van der Waals surface area contributed by atoms with E-state index >= 15 is 4.39 Å². The van der Waals surface area contributed by atoms with E-state index in [1.165, 1.54) is 38.6 Å². The summed E-state index contributed by atoms with van der Waals surface area (Å²) in [7, 11) is -1.03. The number of ether oxygens (including phenoxy) is 1. The van der Waals surface area contributed by atoms with Crippen LogP contribution in [0.4, 0.5) is 4.39 Å². The fourth-order valence-corrected chi connectivity index (χ4v) is 6.45. The average Bonchev–Trinajstić information content (AvgIpc) is 3.56. The molecule has 2 aliphatic rings. The van der Waals surface area contributed by atoms with Crippen LogP contribution in [0.1, 0.15) is 47.1 Å². The number of aromatic nitrogens is 2. The molecule has 0 bridgehead atoms. The van der Waals surface area contributed by atoms with Gasteiger partial charge in [0.05, 0.1) is 19.0 Å². The molecular weight excluding hydrogens is 437 g/mol. The van der Waals surface area contributed by atoms with Gasteiger partial charge in [0.25, 0.3) is 0 Å². The third-order valence-electron chi connectivity index (χ3n) is 6.42. The van der Waals surface area contributed by atoms with Gasteiger partial charge in [0, 0.05) is 19.0 Å². The molecule has 1 aliphatic carbocycles. The molecule has 1 aromatic heterocycles. The van der Waals surface area contributed by atoms with Gasteiger partial charge in [0.1, 0.15) is 21.8 Å². The standard InChI is InChI=1S/C21H24FN5O4S/c1-12-18(24-11-17(25-12)31-4)16(28)10-13-5-6-15(22)14(9-13)20(2)21(7-8-21)32(29,30)27(3)19(23)26-20/h5-6,9,11H,7-8,10H2,1-4H3,(H2,23,26)/t20-/m1/s1. The van der Waals surface area contributed by atoms with E-state index in [0.717, 1.165) is 4.31 Å². The van der Waals surface area contributed by atoms with Gasteiger partial charge in [-0.3, -0.25) is 4.79 Å². The predicted octanol–water partition coefficient (Wildman–Crippen LogP) is 1.70. The molecule has 2 N–H and O–H groups in total. The number of Topliss-reactive ketones (excluding diaryl/α,β-unsaturated/α-hetero) is 1. The fourth-order valence-electron chi connectivity index (χ4n) is 4.36. The Labute approximate surface area is 185 Å². The second-order valence-corrected chi connectivity index (χ2v) is 10.5. The van der Waals surface area contributed by atoms with Crippen LogP contribution in [0.2, 0.25) is 0 Å². The first kappa shape index (κ1) is 22.1. The first-order valence-corrected chi connectivity index (χ1v) is 11.4. The number of benzene rings is 1. The normalized spacial score (nSPS) is 23.0. The van der Waals surface area contributed by atoms with Crippen LogP contribution in [0.3, 0.4) is 0 Å². The summed E-state index contributed by atoms with van der Waals surface area (Å²) in [5, 5.41) is 0. The van der Waals surface area contributed by atoms with E-state index in [1.807, 2.05) is 0 Å².